The minimum Gasteiger partial charge on any atom is -0.303 e. The van der Waals surface area contributed by atoms with Crippen LogP contribution in [0.3, 0.4) is 0 Å². The largest absolute Gasteiger partial charge is 0.303 e. The molecular weight excluding hydrogens is 179 g/mol. The first-order chi connectivity index (χ1) is 1.91. The molecule has 0 aliphatic rings. The Morgan fingerprint density at radius 1 is 1.80 bits per heavy atom. The number of hydrogen-bond donors (Lipinski definition) is 0. The summed E-state index contributed by atoms with van der Waals surface area (Å²) < 4.78 is 0. The molecule has 0 N–H and O–H groups in total. The van der Waals surface area contributed by atoms with Gasteiger partial charge in [-0.2, -0.15) is 0 Å². The zero-order valence-electron chi connectivity index (χ0n) is 3.10. The van der Waals surface area contributed by atoms with Gasteiger partial charge in [-0.15, -0.1) is 24.0 Å². The van der Waals surface area contributed by atoms with E-state index >= 15 is 0 Å². The highest BCUT2D eigenvalue weighted by Gasteiger charge is 1.52. The normalized spacial score (nSPS) is 5.00. The van der Waals surface area contributed by atoms with Crippen LogP contribution in [0.25, 0.3) is 0 Å². The minimum atomic E-state index is 0. The molecule has 0 amide bonds. The molecule has 0 aliphatic carbocycles. The van der Waals surface area contributed by atoms with E-state index in [2.05, 4.69) is 0 Å². The Hall–Kier alpha value is 0.400. The smallest absolute Gasteiger partial charge is 0.119 e. The lowest BCUT2D eigenvalue weighted by atomic mass is 10.6. The number of carbonyl (C=O) groups excluding carboxylic acids is 1. The van der Waals surface area contributed by atoms with Crippen molar-refractivity contribution in [1.29, 1.82) is 0 Å². The van der Waals surface area contributed by atoms with Crippen LogP contribution in [0.1, 0.15) is 13.3 Å². The molecule has 32 valence electrons. The van der Waals surface area contributed by atoms with Crippen LogP contribution in [0.15, 0.2) is 0 Å². The zero-order valence-corrected chi connectivity index (χ0v) is 5.43. The molecule has 0 unspecified atom stereocenters. The van der Waals surface area contributed by atoms with Gasteiger partial charge in [-0.1, -0.05) is 6.92 Å². The molecule has 0 aliphatic heterocycles. The summed E-state index contributed by atoms with van der Waals surface area (Å²) >= 11 is 0. The van der Waals surface area contributed by atoms with Crippen LogP contribution in [0, 0.1) is 0 Å². The van der Waals surface area contributed by atoms with Gasteiger partial charge >= 0.3 is 0 Å². The Labute approximate surface area is 48.8 Å². The van der Waals surface area contributed by atoms with E-state index in [9.17, 15) is 4.79 Å². The van der Waals surface area contributed by atoms with Gasteiger partial charge in [0.05, 0.1) is 0 Å². The fourth-order valence-electron chi connectivity index (χ4n) is 0. The molecule has 0 aromatic rings. The van der Waals surface area contributed by atoms with Crippen molar-refractivity contribution in [2.24, 2.45) is 0 Å². The van der Waals surface area contributed by atoms with Crippen molar-refractivity contribution < 1.29 is 4.79 Å². The first-order valence-electron chi connectivity index (χ1n) is 1.35. The summed E-state index contributed by atoms with van der Waals surface area (Å²) in [5, 5.41) is 0. The van der Waals surface area contributed by atoms with Crippen LogP contribution in [0.5, 0.6) is 0 Å². The van der Waals surface area contributed by atoms with E-state index < -0.39 is 0 Å². The van der Waals surface area contributed by atoms with Crippen molar-refractivity contribution in [1.82, 2.24) is 0 Å². The average Bonchev–Trinajstić information content (AvgIpc) is 1.37. The molecule has 0 rings (SSSR count). The van der Waals surface area contributed by atoms with Crippen LogP contribution in [0.4, 0.5) is 0 Å². The van der Waals surface area contributed by atoms with Crippen molar-refractivity contribution in [3.8, 4) is 0 Å². The van der Waals surface area contributed by atoms with E-state index in [0.717, 1.165) is 6.29 Å². The van der Waals surface area contributed by atoms with Crippen molar-refractivity contribution in [2.45, 2.75) is 13.3 Å². The maximum atomic E-state index is 9.17. The Kier molecular flexibility index (Phi) is 16.0. The topological polar surface area (TPSA) is 17.1 Å². The minimum absolute atomic E-state index is 0. The fourth-order valence-corrected chi connectivity index (χ4v) is 0. The van der Waals surface area contributed by atoms with E-state index in [1.807, 2.05) is 6.92 Å². The van der Waals surface area contributed by atoms with Crippen molar-refractivity contribution in [3.63, 3.8) is 0 Å². The van der Waals surface area contributed by atoms with Crippen molar-refractivity contribution >= 4 is 30.3 Å². The Morgan fingerprint density at radius 2 is 2.00 bits per heavy atom. The maximum absolute atomic E-state index is 9.17. The summed E-state index contributed by atoms with van der Waals surface area (Å²) in [6.45, 7) is 1.81. The molecule has 1 nitrogen and oxygen atoms in total. The third kappa shape index (κ3) is 12.9. The molecule has 5 heavy (non-hydrogen) atoms. The molecule has 0 atom stereocenters. The van der Waals surface area contributed by atoms with Gasteiger partial charge in [-0.3, -0.25) is 0 Å². The quantitative estimate of drug-likeness (QED) is 0.444. The lowest BCUT2D eigenvalue weighted by Crippen LogP contribution is -1.55. The first kappa shape index (κ1) is 9.04. The molecule has 0 saturated carbocycles. The summed E-state index contributed by atoms with van der Waals surface area (Å²) in [5.41, 5.74) is 0. The molecule has 0 fully saturated rings. The second-order valence-corrected chi connectivity index (χ2v) is 0.575. The monoisotopic (exact) mass is 186 g/mol. The van der Waals surface area contributed by atoms with Crippen LogP contribution in [-0.2, 0) is 4.79 Å². The maximum Gasteiger partial charge on any atom is 0.119 e. The number of hydrogen-bond acceptors (Lipinski definition) is 1. The molecule has 0 spiro atoms. The molecule has 0 aromatic carbocycles. The molecular formula is C3H7IO. The van der Waals surface area contributed by atoms with Gasteiger partial charge in [-0.25, -0.2) is 0 Å². The summed E-state index contributed by atoms with van der Waals surface area (Å²) in [6.07, 6.45) is 1.51. The van der Waals surface area contributed by atoms with Crippen molar-refractivity contribution in [3.05, 3.63) is 0 Å². The Balaban J connectivity index is 0. The summed E-state index contributed by atoms with van der Waals surface area (Å²) in [6, 6.07) is 0. The highest BCUT2D eigenvalue weighted by molar-refractivity contribution is 14.0. The lowest BCUT2D eigenvalue weighted by molar-refractivity contribution is -0.107. The highest BCUT2D eigenvalue weighted by atomic mass is 127. The Morgan fingerprint density at radius 3 is 2.00 bits per heavy atom. The van der Waals surface area contributed by atoms with E-state index in [1.54, 1.807) is 0 Å². The van der Waals surface area contributed by atoms with E-state index in [4.69, 9.17) is 0 Å². The second-order valence-electron chi connectivity index (χ2n) is 0.575. The third-order valence-corrected chi connectivity index (χ3v) is 0.167. The molecule has 0 radical (unpaired) electrons. The van der Waals surface area contributed by atoms with Gasteiger partial charge in [0.2, 0.25) is 0 Å². The van der Waals surface area contributed by atoms with Crippen LogP contribution < -0.4 is 0 Å². The summed E-state index contributed by atoms with van der Waals surface area (Å²) in [5.74, 6) is 0. The molecule has 0 saturated heterocycles. The highest BCUT2D eigenvalue weighted by Crippen LogP contribution is 1.53. The fraction of sp³-hybridized carbons (Fsp3) is 0.667. The average molecular weight is 186 g/mol. The number of aldehydes is 1. The SMILES string of the molecule is CCC=O.I. The standard InChI is InChI=1S/C3H6O.HI/c1-2-3-4;/h3H,2H2,1H3;1H. The molecule has 0 heterocycles. The molecule has 2 heteroatoms. The third-order valence-electron chi connectivity index (χ3n) is 0.167. The number of rotatable bonds is 1. The summed E-state index contributed by atoms with van der Waals surface area (Å²) in [4.78, 5) is 9.17. The number of halogens is 1. The molecule has 0 bridgehead atoms. The van der Waals surface area contributed by atoms with Crippen molar-refractivity contribution in [2.75, 3.05) is 0 Å². The predicted molar refractivity (Wildman–Crippen MR) is 31.8 cm³/mol. The van der Waals surface area contributed by atoms with Gasteiger partial charge in [0.25, 0.3) is 0 Å². The van der Waals surface area contributed by atoms with Gasteiger partial charge in [0.15, 0.2) is 0 Å². The predicted octanol–water partition coefficient (Wildman–Crippen LogP) is 1.21. The van der Waals surface area contributed by atoms with Gasteiger partial charge in [0, 0.05) is 6.42 Å². The number of carbonyl (C=O) groups is 1. The van der Waals surface area contributed by atoms with E-state index in [1.165, 1.54) is 0 Å². The lowest BCUT2D eigenvalue weighted by Gasteiger charge is -1.51. The van der Waals surface area contributed by atoms with Gasteiger partial charge in [-0.05, 0) is 0 Å². The first-order valence-corrected chi connectivity index (χ1v) is 1.35. The zero-order chi connectivity index (χ0) is 3.41. The van der Waals surface area contributed by atoms with E-state index in [0.29, 0.717) is 6.42 Å². The van der Waals surface area contributed by atoms with E-state index in [-0.39, 0.29) is 24.0 Å². The van der Waals surface area contributed by atoms with Crippen LogP contribution in [0.2, 0.25) is 0 Å². The second kappa shape index (κ2) is 8.83. The van der Waals surface area contributed by atoms with Crippen LogP contribution >= 0.6 is 24.0 Å². The Bertz CT molecular complexity index is 20.9. The van der Waals surface area contributed by atoms with Gasteiger partial charge < -0.3 is 4.79 Å². The molecule has 0 aromatic heterocycles. The summed E-state index contributed by atoms with van der Waals surface area (Å²) in [7, 11) is 0. The van der Waals surface area contributed by atoms with Crippen LogP contribution in [-0.4, -0.2) is 6.29 Å². The van der Waals surface area contributed by atoms with Gasteiger partial charge in [0.1, 0.15) is 6.29 Å².